The largest absolute Gasteiger partial charge is 0.378 e. The summed E-state index contributed by atoms with van der Waals surface area (Å²) in [6.45, 7) is 5.21. The monoisotopic (exact) mass is 494 g/mol. The van der Waals surface area contributed by atoms with E-state index in [1.165, 1.54) is 17.3 Å². The highest BCUT2D eigenvalue weighted by Gasteiger charge is 2.11. The van der Waals surface area contributed by atoms with E-state index in [-0.39, 0.29) is 35.1 Å². The standard InChI is InChI=1S/C20H22N4OS.HI/c1-13-7-8-15(11-14(13)2)19(25)23-9-10-24-12-18(26-20(21)22)16-5-3-4-6-17(16)24;/h3-8,11-12H,9-10H2,1-2H3,(H3,21,22)(H,23,25);1H. The number of benzene rings is 2. The lowest BCUT2D eigenvalue weighted by molar-refractivity contribution is 0.0952. The van der Waals surface area contributed by atoms with Crippen LogP contribution in [0.15, 0.2) is 53.6 Å². The number of hydrogen-bond acceptors (Lipinski definition) is 3. The normalized spacial score (nSPS) is 10.4. The van der Waals surface area contributed by atoms with E-state index >= 15 is 0 Å². The third kappa shape index (κ3) is 5.04. The molecule has 1 aromatic heterocycles. The number of fused-ring (bicyclic) bond motifs is 1. The van der Waals surface area contributed by atoms with E-state index in [1.54, 1.807) is 0 Å². The molecule has 0 saturated heterocycles. The quantitative estimate of drug-likeness (QED) is 0.214. The fourth-order valence-corrected chi connectivity index (χ4v) is 3.57. The van der Waals surface area contributed by atoms with Crippen LogP contribution in [-0.4, -0.2) is 22.2 Å². The van der Waals surface area contributed by atoms with E-state index in [1.807, 2.05) is 62.5 Å². The van der Waals surface area contributed by atoms with Gasteiger partial charge >= 0.3 is 0 Å². The summed E-state index contributed by atoms with van der Waals surface area (Å²) in [4.78, 5) is 13.3. The zero-order valence-corrected chi connectivity index (χ0v) is 18.4. The number of amides is 1. The Morgan fingerprint density at radius 3 is 2.63 bits per heavy atom. The van der Waals surface area contributed by atoms with Crippen molar-refractivity contribution in [2.24, 2.45) is 5.73 Å². The van der Waals surface area contributed by atoms with Crippen LogP contribution >= 0.6 is 35.7 Å². The van der Waals surface area contributed by atoms with Gasteiger partial charge in [-0.25, -0.2) is 0 Å². The molecule has 0 unspecified atom stereocenters. The van der Waals surface area contributed by atoms with Gasteiger partial charge < -0.3 is 15.6 Å². The van der Waals surface area contributed by atoms with Crippen LogP contribution < -0.4 is 11.1 Å². The fourth-order valence-electron chi connectivity index (χ4n) is 2.87. The van der Waals surface area contributed by atoms with Crippen LogP contribution in [-0.2, 0) is 6.54 Å². The smallest absolute Gasteiger partial charge is 0.251 e. The third-order valence-corrected chi connectivity index (χ3v) is 5.14. The topological polar surface area (TPSA) is 83.9 Å². The second-order valence-corrected chi connectivity index (χ2v) is 7.31. The summed E-state index contributed by atoms with van der Waals surface area (Å²) in [5.74, 6) is -0.0668. The Hall–Kier alpha value is -2.00. The molecule has 0 bridgehead atoms. The van der Waals surface area contributed by atoms with Crippen molar-refractivity contribution in [3.05, 3.63) is 65.4 Å². The molecule has 0 aliphatic carbocycles. The number of amidine groups is 1. The number of thioether (sulfide) groups is 1. The molecule has 142 valence electrons. The van der Waals surface area contributed by atoms with E-state index in [0.29, 0.717) is 18.7 Å². The molecule has 4 N–H and O–H groups in total. The van der Waals surface area contributed by atoms with Gasteiger partial charge in [0.05, 0.1) is 0 Å². The number of nitrogens with two attached hydrogens (primary N) is 1. The van der Waals surface area contributed by atoms with Crippen molar-refractivity contribution < 1.29 is 4.79 Å². The lowest BCUT2D eigenvalue weighted by Gasteiger charge is -2.09. The number of halogens is 1. The van der Waals surface area contributed by atoms with Gasteiger partial charge in [0, 0.05) is 40.6 Å². The number of nitrogens with one attached hydrogen (secondary N) is 2. The molecule has 3 rings (SSSR count). The molecule has 0 spiro atoms. The van der Waals surface area contributed by atoms with Crippen LogP contribution in [0.1, 0.15) is 21.5 Å². The van der Waals surface area contributed by atoms with Gasteiger partial charge in [0.15, 0.2) is 5.17 Å². The number of carbonyl (C=O) groups excluding carboxylic acids is 1. The van der Waals surface area contributed by atoms with Crippen molar-refractivity contribution in [1.29, 1.82) is 5.41 Å². The molecule has 0 saturated carbocycles. The first-order valence-electron chi connectivity index (χ1n) is 8.41. The Bertz CT molecular complexity index is 983. The fraction of sp³-hybridized carbons (Fsp3) is 0.200. The number of aromatic nitrogens is 1. The van der Waals surface area contributed by atoms with Crippen LogP contribution in [0.2, 0.25) is 0 Å². The first kappa shape index (κ1) is 21.3. The predicted molar refractivity (Wildman–Crippen MR) is 123 cm³/mol. The molecule has 0 aliphatic rings. The van der Waals surface area contributed by atoms with Crippen molar-refractivity contribution in [2.75, 3.05) is 6.54 Å². The minimum absolute atomic E-state index is 0. The summed E-state index contributed by atoms with van der Waals surface area (Å²) in [7, 11) is 0. The van der Waals surface area contributed by atoms with Crippen LogP contribution in [0, 0.1) is 19.3 Å². The molecule has 7 heteroatoms. The van der Waals surface area contributed by atoms with Crippen molar-refractivity contribution >= 4 is 57.7 Å². The van der Waals surface area contributed by atoms with Crippen LogP contribution in [0.25, 0.3) is 10.9 Å². The predicted octanol–water partition coefficient (Wildman–Crippen LogP) is 4.29. The van der Waals surface area contributed by atoms with Gasteiger partial charge in [0.1, 0.15) is 0 Å². The van der Waals surface area contributed by atoms with Crippen molar-refractivity contribution in [1.82, 2.24) is 9.88 Å². The highest BCUT2D eigenvalue weighted by atomic mass is 127. The Labute approximate surface area is 180 Å². The number of hydrogen-bond donors (Lipinski definition) is 3. The molecule has 0 radical (unpaired) electrons. The number of para-hydroxylation sites is 1. The highest BCUT2D eigenvalue weighted by Crippen LogP contribution is 2.29. The lowest BCUT2D eigenvalue weighted by atomic mass is 10.1. The molecule has 27 heavy (non-hydrogen) atoms. The lowest BCUT2D eigenvalue weighted by Crippen LogP contribution is -2.27. The number of rotatable bonds is 5. The summed E-state index contributed by atoms with van der Waals surface area (Å²) in [6.07, 6.45) is 1.99. The number of nitrogens with zero attached hydrogens (tertiary/aromatic N) is 1. The molecular formula is C20H23IN4OS. The van der Waals surface area contributed by atoms with Gasteiger partial charge in [0.2, 0.25) is 0 Å². The Morgan fingerprint density at radius 2 is 1.93 bits per heavy atom. The Kier molecular flexibility index (Phi) is 7.32. The maximum absolute atomic E-state index is 12.3. The zero-order chi connectivity index (χ0) is 18.7. The maximum atomic E-state index is 12.3. The SMILES string of the molecule is Cc1ccc(C(=O)NCCn2cc(SC(=N)N)c3ccccc32)cc1C.I. The van der Waals surface area contributed by atoms with E-state index in [0.717, 1.165) is 21.4 Å². The average molecular weight is 494 g/mol. The van der Waals surface area contributed by atoms with Crippen molar-refractivity contribution in [2.45, 2.75) is 25.3 Å². The summed E-state index contributed by atoms with van der Waals surface area (Å²) < 4.78 is 2.08. The van der Waals surface area contributed by atoms with Gasteiger partial charge in [-0.2, -0.15) is 0 Å². The Morgan fingerprint density at radius 1 is 1.19 bits per heavy atom. The van der Waals surface area contributed by atoms with Gasteiger partial charge in [-0.1, -0.05) is 36.0 Å². The molecule has 0 atom stereocenters. The van der Waals surface area contributed by atoms with E-state index < -0.39 is 0 Å². The van der Waals surface area contributed by atoms with E-state index in [4.69, 9.17) is 11.1 Å². The minimum Gasteiger partial charge on any atom is -0.378 e. The second-order valence-electron chi connectivity index (χ2n) is 6.23. The van der Waals surface area contributed by atoms with Crippen molar-refractivity contribution in [3.63, 3.8) is 0 Å². The van der Waals surface area contributed by atoms with Crippen LogP contribution in [0.5, 0.6) is 0 Å². The molecule has 2 aromatic carbocycles. The zero-order valence-electron chi connectivity index (χ0n) is 15.3. The van der Waals surface area contributed by atoms with Gasteiger partial charge in [-0.05, 0) is 43.2 Å². The molecule has 0 aliphatic heterocycles. The maximum Gasteiger partial charge on any atom is 0.251 e. The Balaban J connectivity index is 0.00000261. The molecule has 3 aromatic rings. The molecule has 5 nitrogen and oxygen atoms in total. The van der Waals surface area contributed by atoms with E-state index in [2.05, 4.69) is 9.88 Å². The van der Waals surface area contributed by atoms with Crippen LogP contribution in [0.4, 0.5) is 0 Å². The number of carbonyl (C=O) groups is 1. The number of aryl methyl sites for hydroxylation is 2. The first-order chi connectivity index (χ1) is 12.5. The molecule has 0 fully saturated rings. The molecule has 1 amide bonds. The van der Waals surface area contributed by atoms with E-state index in [9.17, 15) is 4.79 Å². The van der Waals surface area contributed by atoms with Crippen molar-refractivity contribution in [3.8, 4) is 0 Å². The van der Waals surface area contributed by atoms with Gasteiger partial charge in [0.25, 0.3) is 5.91 Å². The van der Waals surface area contributed by atoms with Crippen LogP contribution in [0.3, 0.4) is 0 Å². The summed E-state index contributed by atoms with van der Waals surface area (Å²) in [6, 6.07) is 13.7. The summed E-state index contributed by atoms with van der Waals surface area (Å²) in [5, 5.41) is 11.6. The second kappa shape index (κ2) is 9.27. The molecular weight excluding hydrogens is 471 g/mol. The van der Waals surface area contributed by atoms with Gasteiger partial charge in [-0.3, -0.25) is 10.2 Å². The summed E-state index contributed by atoms with van der Waals surface area (Å²) >= 11 is 1.24. The third-order valence-electron chi connectivity index (χ3n) is 4.38. The van der Waals surface area contributed by atoms with Gasteiger partial charge in [-0.15, -0.1) is 24.0 Å². The summed E-state index contributed by atoms with van der Waals surface area (Å²) in [5.41, 5.74) is 9.56. The minimum atomic E-state index is -0.0668. The highest BCUT2D eigenvalue weighted by molar-refractivity contribution is 14.0. The average Bonchev–Trinajstić information content (AvgIpc) is 2.94. The first-order valence-corrected chi connectivity index (χ1v) is 9.22. The molecule has 1 heterocycles.